The van der Waals surface area contributed by atoms with Crippen molar-refractivity contribution >= 4 is 5.97 Å². The maximum Gasteiger partial charge on any atom is 0.310 e. The van der Waals surface area contributed by atoms with Gasteiger partial charge >= 0.3 is 5.97 Å². The first-order valence-corrected chi connectivity index (χ1v) is 7.40. The van der Waals surface area contributed by atoms with Gasteiger partial charge in [0.25, 0.3) is 0 Å². The number of hydrogen-bond donors (Lipinski definition) is 0. The van der Waals surface area contributed by atoms with Crippen LogP contribution in [0.1, 0.15) is 37.8 Å². The van der Waals surface area contributed by atoms with Gasteiger partial charge in [-0.25, -0.2) is 0 Å². The first-order valence-electron chi connectivity index (χ1n) is 7.40. The Morgan fingerprint density at radius 2 is 1.95 bits per heavy atom. The fourth-order valence-electron chi connectivity index (χ4n) is 2.92. The molecule has 1 aromatic rings. The Morgan fingerprint density at radius 3 is 2.50 bits per heavy atom. The van der Waals surface area contributed by atoms with Gasteiger partial charge in [0.15, 0.2) is 0 Å². The molecule has 1 heterocycles. The molecule has 1 aliphatic rings. The lowest BCUT2D eigenvalue weighted by atomic mass is 9.99. The van der Waals surface area contributed by atoms with Gasteiger partial charge in [-0.05, 0) is 23.0 Å². The molecule has 0 aliphatic carbocycles. The van der Waals surface area contributed by atoms with Crippen molar-refractivity contribution in [2.45, 2.75) is 33.2 Å². The number of methoxy groups -OCH3 is 1. The molecule has 0 bridgehead atoms. The topological polar surface area (TPSA) is 29.5 Å². The summed E-state index contributed by atoms with van der Waals surface area (Å²) >= 11 is 0. The zero-order chi connectivity index (χ0) is 14.7. The minimum Gasteiger partial charge on any atom is -0.469 e. The van der Waals surface area contributed by atoms with E-state index in [2.05, 4.69) is 49.9 Å². The second-order valence-electron chi connectivity index (χ2n) is 6.20. The van der Waals surface area contributed by atoms with E-state index in [1.165, 1.54) is 18.2 Å². The SMILES string of the molecule is COC(=O)C1CN(Cc2ccc(C(C)C)cc2)CC1C. The number of hydrogen-bond acceptors (Lipinski definition) is 3. The molecule has 0 radical (unpaired) electrons. The molecule has 1 saturated heterocycles. The molecule has 2 atom stereocenters. The van der Waals surface area contributed by atoms with Crippen LogP contribution in [0, 0.1) is 11.8 Å². The summed E-state index contributed by atoms with van der Waals surface area (Å²) in [6.07, 6.45) is 0. The van der Waals surface area contributed by atoms with Crippen molar-refractivity contribution in [3.63, 3.8) is 0 Å². The van der Waals surface area contributed by atoms with Crippen LogP contribution in [-0.4, -0.2) is 31.1 Å². The van der Waals surface area contributed by atoms with Crippen molar-refractivity contribution in [3.8, 4) is 0 Å². The van der Waals surface area contributed by atoms with E-state index >= 15 is 0 Å². The van der Waals surface area contributed by atoms with E-state index in [1.54, 1.807) is 0 Å². The number of carbonyl (C=O) groups is 1. The molecule has 2 rings (SSSR count). The van der Waals surface area contributed by atoms with Gasteiger partial charge in [-0.2, -0.15) is 0 Å². The van der Waals surface area contributed by atoms with E-state index in [0.717, 1.165) is 19.6 Å². The summed E-state index contributed by atoms with van der Waals surface area (Å²) in [5.74, 6) is 0.891. The highest BCUT2D eigenvalue weighted by atomic mass is 16.5. The van der Waals surface area contributed by atoms with E-state index in [9.17, 15) is 4.79 Å². The second kappa shape index (κ2) is 6.40. The van der Waals surface area contributed by atoms with Crippen molar-refractivity contribution in [1.82, 2.24) is 4.90 Å². The van der Waals surface area contributed by atoms with Crippen molar-refractivity contribution in [2.24, 2.45) is 11.8 Å². The lowest BCUT2D eigenvalue weighted by Gasteiger charge is -2.16. The second-order valence-corrected chi connectivity index (χ2v) is 6.20. The number of ether oxygens (including phenoxy) is 1. The van der Waals surface area contributed by atoms with Crippen LogP contribution < -0.4 is 0 Å². The highest BCUT2D eigenvalue weighted by molar-refractivity contribution is 5.73. The van der Waals surface area contributed by atoms with Crippen LogP contribution in [0.25, 0.3) is 0 Å². The molecular weight excluding hydrogens is 250 g/mol. The summed E-state index contributed by atoms with van der Waals surface area (Å²) in [6.45, 7) is 9.22. The Bertz CT molecular complexity index is 453. The average molecular weight is 275 g/mol. The molecule has 1 aromatic carbocycles. The van der Waals surface area contributed by atoms with Gasteiger partial charge in [0.2, 0.25) is 0 Å². The van der Waals surface area contributed by atoms with Crippen LogP contribution in [0.15, 0.2) is 24.3 Å². The minimum absolute atomic E-state index is 0.0231. The number of likely N-dealkylation sites (tertiary alicyclic amines) is 1. The Balaban J connectivity index is 1.96. The van der Waals surface area contributed by atoms with E-state index in [1.807, 2.05) is 0 Å². The molecule has 1 aliphatic heterocycles. The highest BCUT2D eigenvalue weighted by Gasteiger charge is 2.35. The minimum atomic E-state index is -0.0739. The number of nitrogens with zero attached hydrogens (tertiary/aromatic N) is 1. The molecular formula is C17H25NO2. The lowest BCUT2D eigenvalue weighted by molar-refractivity contribution is -0.146. The van der Waals surface area contributed by atoms with Crippen LogP contribution in [0.5, 0.6) is 0 Å². The Morgan fingerprint density at radius 1 is 1.30 bits per heavy atom. The number of esters is 1. The molecule has 0 aromatic heterocycles. The van der Waals surface area contributed by atoms with E-state index in [4.69, 9.17) is 4.74 Å². The average Bonchev–Trinajstić information content (AvgIpc) is 2.79. The maximum atomic E-state index is 11.7. The van der Waals surface area contributed by atoms with Gasteiger partial charge in [0, 0.05) is 19.6 Å². The van der Waals surface area contributed by atoms with Crippen LogP contribution in [0.3, 0.4) is 0 Å². The first-order chi connectivity index (χ1) is 9.51. The summed E-state index contributed by atoms with van der Waals surface area (Å²) in [5, 5.41) is 0. The van der Waals surface area contributed by atoms with E-state index in [0.29, 0.717) is 11.8 Å². The van der Waals surface area contributed by atoms with Crippen LogP contribution in [0.4, 0.5) is 0 Å². The number of carbonyl (C=O) groups excluding carboxylic acids is 1. The summed E-state index contributed by atoms with van der Waals surface area (Å²) < 4.78 is 4.88. The molecule has 3 heteroatoms. The smallest absolute Gasteiger partial charge is 0.310 e. The summed E-state index contributed by atoms with van der Waals surface area (Å²) in [6, 6.07) is 8.81. The van der Waals surface area contributed by atoms with Gasteiger partial charge in [-0.15, -0.1) is 0 Å². The summed E-state index contributed by atoms with van der Waals surface area (Å²) in [7, 11) is 1.47. The van der Waals surface area contributed by atoms with Crippen molar-refractivity contribution < 1.29 is 9.53 Å². The van der Waals surface area contributed by atoms with Gasteiger partial charge < -0.3 is 4.74 Å². The van der Waals surface area contributed by atoms with E-state index in [-0.39, 0.29) is 11.9 Å². The van der Waals surface area contributed by atoms with Crippen LogP contribution >= 0.6 is 0 Å². The Kier molecular flexibility index (Phi) is 4.81. The van der Waals surface area contributed by atoms with Gasteiger partial charge in [-0.3, -0.25) is 9.69 Å². The standard InChI is InChI=1S/C17H25NO2/c1-12(2)15-7-5-14(6-8-15)10-18-9-13(3)16(11-18)17(19)20-4/h5-8,12-13,16H,9-11H2,1-4H3. The Hall–Kier alpha value is -1.35. The molecule has 3 nitrogen and oxygen atoms in total. The van der Waals surface area contributed by atoms with Crippen molar-refractivity contribution in [2.75, 3.05) is 20.2 Å². The van der Waals surface area contributed by atoms with E-state index < -0.39 is 0 Å². The molecule has 0 spiro atoms. The summed E-state index contributed by atoms with van der Waals surface area (Å²) in [5.41, 5.74) is 2.68. The number of benzene rings is 1. The fraction of sp³-hybridized carbons (Fsp3) is 0.588. The van der Waals surface area contributed by atoms with Crippen LogP contribution in [-0.2, 0) is 16.1 Å². The molecule has 110 valence electrons. The third kappa shape index (κ3) is 3.40. The zero-order valence-corrected chi connectivity index (χ0v) is 12.9. The third-order valence-corrected chi connectivity index (χ3v) is 4.24. The zero-order valence-electron chi connectivity index (χ0n) is 12.9. The number of rotatable bonds is 4. The highest BCUT2D eigenvalue weighted by Crippen LogP contribution is 2.25. The molecule has 2 unspecified atom stereocenters. The van der Waals surface area contributed by atoms with Crippen molar-refractivity contribution in [3.05, 3.63) is 35.4 Å². The van der Waals surface area contributed by atoms with Crippen LogP contribution in [0.2, 0.25) is 0 Å². The third-order valence-electron chi connectivity index (χ3n) is 4.24. The molecule has 1 fully saturated rings. The van der Waals surface area contributed by atoms with Gasteiger partial charge in [-0.1, -0.05) is 45.0 Å². The van der Waals surface area contributed by atoms with Gasteiger partial charge in [0.05, 0.1) is 13.0 Å². The molecule has 0 amide bonds. The fourth-order valence-corrected chi connectivity index (χ4v) is 2.92. The Labute approximate surface area is 121 Å². The van der Waals surface area contributed by atoms with Crippen molar-refractivity contribution in [1.29, 1.82) is 0 Å². The normalized spacial score (nSPS) is 23.2. The predicted octanol–water partition coefficient (Wildman–Crippen LogP) is 3.05. The maximum absolute atomic E-state index is 11.7. The largest absolute Gasteiger partial charge is 0.469 e. The molecule has 20 heavy (non-hydrogen) atoms. The quantitative estimate of drug-likeness (QED) is 0.791. The lowest BCUT2D eigenvalue weighted by Crippen LogP contribution is -2.24. The van der Waals surface area contributed by atoms with Gasteiger partial charge in [0.1, 0.15) is 0 Å². The molecule has 0 saturated carbocycles. The first kappa shape index (κ1) is 15.0. The monoisotopic (exact) mass is 275 g/mol. The summed E-state index contributed by atoms with van der Waals surface area (Å²) in [4.78, 5) is 14.0. The molecule has 0 N–H and O–H groups in total. The predicted molar refractivity (Wildman–Crippen MR) is 80.5 cm³/mol.